The van der Waals surface area contributed by atoms with E-state index in [1.165, 1.54) is 12.6 Å². The number of hydrogen-bond acceptors (Lipinski definition) is 10. The highest BCUT2D eigenvalue weighted by Crippen LogP contribution is 2.31. The molecule has 0 atom stereocenters. The highest BCUT2D eigenvalue weighted by molar-refractivity contribution is 5.84. The Morgan fingerprint density at radius 2 is 2.07 bits per heavy atom. The Bertz CT molecular complexity index is 775. The van der Waals surface area contributed by atoms with E-state index in [9.17, 15) is 4.79 Å². The molecule has 2 N–H and O–H groups in total. The largest absolute Gasteiger partial charge is 0.472 e. The van der Waals surface area contributed by atoms with E-state index >= 15 is 0 Å². The Labute approximate surface area is 161 Å². The zero-order valence-corrected chi connectivity index (χ0v) is 15.3. The first-order chi connectivity index (χ1) is 13.8. The lowest BCUT2D eigenvalue weighted by Gasteiger charge is -2.28. The zero-order valence-electron chi connectivity index (χ0n) is 15.3. The predicted molar refractivity (Wildman–Crippen MR) is 96.4 cm³/mol. The van der Waals surface area contributed by atoms with Gasteiger partial charge in [-0.2, -0.15) is 10.2 Å². The van der Waals surface area contributed by atoms with Gasteiger partial charge in [-0.25, -0.2) is 9.78 Å². The van der Waals surface area contributed by atoms with Crippen LogP contribution < -0.4 is 19.7 Å². The van der Waals surface area contributed by atoms with Crippen LogP contribution in [-0.2, 0) is 4.74 Å². The van der Waals surface area contributed by atoms with Gasteiger partial charge in [-0.15, -0.1) is 5.10 Å². The number of aromatic amines is 1. The summed E-state index contributed by atoms with van der Waals surface area (Å²) < 4.78 is 16.8. The summed E-state index contributed by atoms with van der Waals surface area (Å²) in [7, 11) is 0. The second kappa shape index (κ2) is 8.78. The number of amides is 1. The van der Waals surface area contributed by atoms with E-state index in [1.54, 1.807) is 0 Å². The first-order valence-corrected chi connectivity index (χ1v) is 9.36. The summed E-state index contributed by atoms with van der Waals surface area (Å²) in [6, 6.07) is 0. The highest BCUT2D eigenvalue weighted by atomic mass is 16.6. The van der Waals surface area contributed by atoms with E-state index in [0.717, 1.165) is 25.7 Å². The first kappa shape index (κ1) is 18.3. The number of rotatable bonds is 5. The van der Waals surface area contributed by atoms with Gasteiger partial charge in [0.15, 0.2) is 0 Å². The Morgan fingerprint density at radius 1 is 1.25 bits per heavy atom. The zero-order chi connectivity index (χ0) is 19.2. The summed E-state index contributed by atoms with van der Waals surface area (Å²) in [5.41, 5.74) is 0. The van der Waals surface area contributed by atoms with Crippen molar-refractivity contribution in [1.82, 2.24) is 30.6 Å². The van der Waals surface area contributed by atoms with Crippen LogP contribution in [0.25, 0.3) is 0 Å². The minimum Gasteiger partial charge on any atom is -0.472 e. The number of anilines is 2. The molecule has 0 unspecified atom stereocenters. The van der Waals surface area contributed by atoms with E-state index in [-0.39, 0.29) is 23.7 Å². The van der Waals surface area contributed by atoms with Crippen molar-refractivity contribution in [1.29, 1.82) is 0 Å². The third-order valence-electron chi connectivity index (χ3n) is 4.60. The van der Waals surface area contributed by atoms with Crippen molar-refractivity contribution in [2.24, 2.45) is 0 Å². The summed E-state index contributed by atoms with van der Waals surface area (Å²) in [6.07, 6.45) is 6.05. The summed E-state index contributed by atoms with van der Waals surface area (Å²) in [5.74, 6) is 0.931. The maximum Gasteiger partial charge on any atom is 0.419 e. The minimum atomic E-state index is -0.780. The lowest BCUT2D eigenvalue weighted by Crippen LogP contribution is -2.37. The van der Waals surface area contributed by atoms with Gasteiger partial charge in [0.2, 0.25) is 11.7 Å². The number of hydrogen-bond donors (Lipinski definition) is 2. The van der Waals surface area contributed by atoms with Crippen molar-refractivity contribution in [3.05, 3.63) is 6.20 Å². The summed E-state index contributed by atoms with van der Waals surface area (Å²) in [4.78, 5) is 23.0. The van der Waals surface area contributed by atoms with Gasteiger partial charge in [-0.3, -0.25) is 5.32 Å². The molecule has 150 valence electrons. The first-order valence-electron chi connectivity index (χ1n) is 9.36. The molecule has 0 spiro atoms. The molecular formula is C16H22N8O4. The van der Waals surface area contributed by atoms with Crippen molar-refractivity contribution in [2.75, 3.05) is 36.5 Å². The van der Waals surface area contributed by atoms with Gasteiger partial charge in [0.1, 0.15) is 6.10 Å². The van der Waals surface area contributed by atoms with Crippen molar-refractivity contribution in [2.45, 2.75) is 38.2 Å². The fourth-order valence-electron chi connectivity index (χ4n) is 3.19. The molecule has 3 heterocycles. The fraction of sp³-hybridized carbons (Fsp3) is 0.625. The molecule has 2 aromatic rings. The second-order valence-electron chi connectivity index (χ2n) is 6.57. The molecule has 12 heteroatoms. The van der Waals surface area contributed by atoms with Gasteiger partial charge in [0.05, 0.1) is 19.4 Å². The maximum atomic E-state index is 12.1. The SMILES string of the molecule is O=C(Nc1nn[nH]n1)Oc1cnc(N2CCOCC2)nc1OC1CCCCC1. The number of ether oxygens (including phenoxy) is 3. The topological polar surface area (TPSA) is 140 Å². The monoisotopic (exact) mass is 390 g/mol. The molecule has 1 aliphatic heterocycles. The molecule has 2 fully saturated rings. The average Bonchev–Trinajstić information content (AvgIpc) is 3.23. The van der Waals surface area contributed by atoms with Crippen LogP contribution in [0.5, 0.6) is 11.6 Å². The Kier molecular flexibility index (Phi) is 5.75. The van der Waals surface area contributed by atoms with Crippen LogP contribution in [0.4, 0.5) is 16.7 Å². The lowest BCUT2D eigenvalue weighted by atomic mass is 9.98. The number of nitrogens with zero attached hydrogens (tertiary/aromatic N) is 6. The van der Waals surface area contributed by atoms with Gasteiger partial charge in [-0.05, 0) is 30.9 Å². The lowest BCUT2D eigenvalue weighted by molar-refractivity contribution is 0.121. The van der Waals surface area contributed by atoms with E-state index in [4.69, 9.17) is 14.2 Å². The second-order valence-corrected chi connectivity index (χ2v) is 6.57. The molecule has 2 aromatic heterocycles. The molecule has 0 aromatic carbocycles. The van der Waals surface area contributed by atoms with Crippen molar-refractivity contribution in [3.8, 4) is 11.6 Å². The standard InChI is InChI=1S/C16H22N8O4/c25-16(19-14-20-22-23-21-14)28-12-10-17-15(24-6-8-26-9-7-24)18-13(12)27-11-4-2-1-3-5-11/h10-11H,1-9H2,(H2,19,20,21,22,23,25). The average molecular weight is 390 g/mol. The summed E-state index contributed by atoms with van der Waals surface area (Å²) in [5, 5.41) is 15.3. The number of H-pyrrole nitrogens is 1. The van der Waals surface area contributed by atoms with Crippen LogP contribution in [0.1, 0.15) is 32.1 Å². The molecule has 28 heavy (non-hydrogen) atoms. The Morgan fingerprint density at radius 3 is 2.82 bits per heavy atom. The normalized spacial score (nSPS) is 17.9. The molecular weight excluding hydrogens is 368 g/mol. The molecule has 1 saturated heterocycles. The smallest absolute Gasteiger partial charge is 0.419 e. The van der Waals surface area contributed by atoms with Gasteiger partial charge < -0.3 is 19.1 Å². The number of aromatic nitrogens is 6. The van der Waals surface area contributed by atoms with Crippen molar-refractivity contribution < 1.29 is 19.0 Å². The van der Waals surface area contributed by atoms with Gasteiger partial charge in [-0.1, -0.05) is 11.5 Å². The predicted octanol–water partition coefficient (Wildman–Crippen LogP) is 1.15. The number of carbonyl (C=O) groups excluding carboxylic acids is 1. The molecule has 2 aliphatic rings. The molecule has 0 radical (unpaired) electrons. The maximum absolute atomic E-state index is 12.1. The minimum absolute atomic E-state index is 0.00519. The number of morpholine rings is 1. The fourth-order valence-corrected chi connectivity index (χ4v) is 3.19. The van der Waals surface area contributed by atoms with Crippen LogP contribution in [0.2, 0.25) is 0 Å². The molecule has 1 saturated carbocycles. The number of tetrazole rings is 1. The molecule has 12 nitrogen and oxygen atoms in total. The summed E-state index contributed by atoms with van der Waals surface area (Å²) in [6.45, 7) is 2.63. The van der Waals surface area contributed by atoms with Crippen LogP contribution in [0.15, 0.2) is 6.20 Å². The molecule has 1 amide bonds. The van der Waals surface area contributed by atoms with Crippen LogP contribution in [0, 0.1) is 0 Å². The third-order valence-corrected chi connectivity index (χ3v) is 4.60. The van der Waals surface area contributed by atoms with Crippen LogP contribution in [0.3, 0.4) is 0 Å². The van der Waals surface area contributed by atoms with Crippen molar-refractivity contribution in [3.63, 3.8) is 0 Å². The van der Waals surface area contributed by atoms with E-state index in [2.05, 4.69) is 35.9 Å². The molecule has 0 bridgehead atoms. The van der Waals surface area contributed by atoms with E-state index < -0.39 is 6.09 Å². The van der Waals surface area contributed by atoms with E-state index in [1.807, 2.05) is 4.90 Å². The van der Waals surface area contributed by atoms with E-state index in [0.29, 0.717) is 32.3 Å². The molecule has 1 aliphatic carbocycles. The van der Waals surface area contributed by atoms with Crippen LogP contribution >= 0.6 is 0 Å². The Balaban J connectivity index is 1.51. The third kappa shape index (κ3) is 4.63. The highest BCUT2D eigenvalue weighted by Gasteiger charge is 2.23. The van der Waals surface area contributed by atoms with Gasteiger partial charge in [0.25, 0.3) is 11.8 Å². The number of carbonyl (C=O) groups is 1. The van der Waals surface area contributed by atoms with Gasteiger partial charge >= 0.3 is 6.09 Å². The quantitative estimate of drug-likeness (QED) is 0.763. The van der Waals surface area contributed by atoms with Crippen LogP contribution in [-0.4, -0.2) is 69.1 Å². The summed E-state index contributed by atoms with van der Waals surface area (Å²) >= 11 is 0. The van der Waals surface area contributed by atoms with Gasteiger partial charge in [0, 0.05) is 13.1 Å². The number of nitrogens with one attached hydrogen (secondary N) is 2. The van der Waals surface area contributed by atoms with Crippen molar-refractivity contribution >= 4 is 18.0 Å². The Hall–Kier alpha value is -3.02. The molecule has 4 rings (SSSR count).